The summed E-state index contributed by atoms with van der Waals surface area (Å²) in [5.41, 5.74) is 0. The average molecular weight is 493 g/mol. The highest BCUT2D eigenvalue weighted by Gasteiger charge is 2.14. The highest BCUT2D eigenvalue weighted by Crippen LogP contribution is 2.13. The van der Waals surface area contributed by atoms with Crippen LogP contribution in [0.3, 0.4) is 0 Å². The van der Waals surface area contributed by atoms with E-state index in [9.17, 15) is 17.8 Å². The Kier molecular flexibility index (Phi) is 20.2. The van der Waals surface area contributed by atoms with E-state index in [1.165, 1.54) is 70.6 Å². The molecule has 0 aliphatic rings. The standard InChI is InChI=1S/C25H52N2O5S/c1-4-5-6-7-8-9-10-11-12-13-14-15-16-20-25(28)26-21-19-23-27(2,3)22-17-18-24-32-33(29,30)31/h4-24H2,1-3H3,(H-,26,28,29,30,31). The fourth-order valence-corrected chi connectivity index (χ4v) is 4.36. The number of amides is 1. The van der Waals surface area contributed by atoms with Gasteiger partial charge in [-0.1, -0.05) is 84.0 Å². The van der Waals surface area contributed by atoms with Crippen molar-refractivity contribution in [3.05, 3.63) is 0 Å². The predicted molar refractivity (Wildman–Crippen MR) is 135 cm³/mol. The Morgan fingerprint density at radius 1 is 0.758 bits per heavy atom. The minimum Gasteiger partial charge on any atom is -0.726 e. The van der Waals surface area contributed by atoms with Crippen molar-refractivity contribution >= 4 is 16.3 Å². The lowest BCUT2D eigenvalue weighted by Gasteiger charge is -2.30. The van der Waals surface area contributed by atoms with Crippen LogP contribution in [-0.2, 0) is 19.4 Å². The van der Waals surface area contributed by atoms with Gasteiger partial charge in [0.25, 0.3) is 0 Å². The molecular weight excluding hydrogens is 440 g/mol. The summed E-state index contributed by atoms with van der Waals surface area (Å²) in [5, 5.41) is 3.02. The van der Waals surface area contributed by atoms with Crippen molar-refractivity contribution < 1.29 is 26.4 Å². The molecule has 0 atom stereocenters. The zero-order chi connectivity index (χ0) is 24.8. The number of carbonyl (C=O) groups excluding carboxylic acids is 1. The van der Waals surface area contributed by atoms with Crippen LogP contribution < -0.4 is 5.32 Å². The number of unbranched alkanes of at least 4 members (excludes halogenated alkanes) is 13. The molecule has 33 heavy (non-hydrogen) atoms. The van der Waals surface area contributed by atoms with Gasteiger partial charge in [-0.05, 0) is 19.3 Å². The molecule has 0 spiro atoms. The Bertz CT molecular complexity index is 567. The largest absolute Gasteiger partial charge is 0.726 e. The minimum absolute atomic E-state index is 0.0545. The van der Waals surface area contributed by atoms with E-state index in [0.717, 1.165) is 43.3 Å². The maximum absolute atomic E-state index is 12.0. The van der Waals surface area contributed by atoms with Crippen LogP contribution in [0.1, 0.15) is 116 Å². The quantitative estimate of drug-likeness (QED) is 0.0853. The number of rotatable bonds is 24. The van der Waals surface area contributed by atoms with Gasteiger partial charge in [-0.2, -0.15) is 0 Å². The zero-order valence-electron chi connectivity index (χ0n) is 21.7. The van der Waals surface area contributed by atoms with Crippen LogP contribution in [0.5, 0.6) is 0 Å². The lowest BCUT2D eigenvalue weighted by Crippen LogP contribution is -2.42. The SMILES string of the molecule is CCCCCCCCCCCCCCCC(=O)NCCC[N+](C)(C)CCCCOS(=O)(=O)[O-]. The van der Waals surface area contributed by atoms with Crippen molar-refractivity contribution in [2.75, 3.05) is 40.3 Å². The molecule has 198 valence electrons. The smallest absolute Gasteiger partial charge is 0.219 e. The summed E-state index contributed by atoms with van der Waals surface area (Å²) in [6, 6.07) is 0. The molecule has 0 aromatic rings. The van der Waals surface area contributed by atoms with Gasteiger partial charge >= 0.3 is 0 Å². The molecule has 0 aliphatic carbocycles. The highest BCUT2D eigenvalue weighted by molar-refractivity contribution is 7.80. The van der Waals surface area contributed by atoms with E-state index < -0.39 is 10.4 Å². The molecule has 0 aromatic carbocycles. The van der Waals surface area contributed by atoms with Crippen molar-refractivity contribution in [3.63, 3.8) is 0 Å². The molecule has 0 radical (unpaired) electrons. The lowest BCUT2D eigenvalue weighted by atomic mass is 10.0. The Morgan fingerprint density at radius 3 is 1.76 bits per heavy atom. The van der Waals surface area contributed by atoms with E-state index in [4.69, 9.17) is 0 Å². The van der Waals surface area contributed by atoms with Crippen molar-refractivity contribution in [1.29, 1.82) is 0 Å². The molecule has 0 bridgehead atoms. The van der Waals surface area contributed by atoms with Gasteiger partial charge in [-0.15, -0.1) is 0 Å². The molecule has 0 saturated heterocycles. The summed E-state index contributed by atoms with van der Waals surface area (Å²) in [6.07, 6.45) is 19.9. The van der Waals surface area contributed by atoms with Crippen molar-refractivity contribution in [1.82, 2.24) is 5.32 Å². The Balaban J connectivity index is 3.46. The number of nitrogens with zero attached hydrogens (tertiary/aromatic N) is 1. The third kappa shape index (κ3) is 25.8. The number of carbonyl (C=O) groups is 1. The first-order chi connectivity index (χ1) is 15.7. The molecule has 1 amide bonds. The van der Waals surface area contributed by atoms with Crippen LogP contribution in [0.15, 0.2) is 0 Å². The average Bonchev–Trinajstić information content (AvgIpc) is 2.73. The van der Waals surface area contributed by atoms with Crippen LogP contribution in [0, 0.1) is 0 Å². The number of nitrogens with one attached hydrogen (secondary N) is 1. The normalized spacial score (nSPS) is 12.2. The molecular formula is C25H52N2O5S. The second-order valence-electron chi connectivity index (χ2n) is 10.0. The monoisotopic (exact) mass is 492 g/mol. The number of hydrogen-bond donors (Lipinski definition) is 1. The van der Waals surface area contributed by atoms with Gasteiger partial charge in [0.15, 0.2) is 0 Å². The third-order valence-corrected chi connectivity index (χ3v) is 6.61. The number of quaternary nitrogens is 1. The van der Waals surface area contributed by atoms with Gasteiger partial charge in [0.05, 0.1) is 33.8 Å². The topological polar surface area (TPSA) is 95.5 Å². The van der Waals surface area contributed by atoms with Crippen LogP contribution in [0.4, 0.5) is 0 Å². The van der Waals surface area contributed by atoms with Gasteiger partial charge in [0.1, 0.15) is 0 Å². The molecule has 0 heterocycles. The molecule has 8 heteroatoms. The van der Waals surface area contributed by atoms with Crippen LogP contribution in [-0.4, -0.2) is 63.7 Å². The fourth-order valence-electron chi connectivity index (χ4n) is 4.04. The van der Waals surface area contributed by atoms with Gasteiger partial charge in [-0.3, -0.25) is 8.98 Å². The van der Waals surface area contributed by atoms with E-state index in [0.29, 0.717) is 19.4 Å². The molecule has 1 N–H and O–H groups in total. The van der Waals surface area contributed by atoms with Gasteiger partial charge in [0.2, 0.25) is 16.3 Å². The van der Waals surface area contributed by atoms with Crippen molar-refractivity contribution in [2.45, 2.75) is 116 Å². The first-order valence-electron chi connectivity index (χ1n) is 13.4. The molecule has 0 aromatic heterocycles. The first-order valence-corrected chi connectivity index (χ1v) is 14.7. The summed E-state index contributed by atoms with van der Waals surface area (Å²) >= 11 is 0. The van der Waals surface area contributed by atoms with Gasteiger partial charge in [-0.25, -0.2) is 8.42 Å². The maximum Gasteiger partial charge on any atom is 0.219 e. The molecule has 0 fully saturated rings. The molecule has 7 nitrogen and oxygen atoms in total. The molecule has 0 aliphatic heterocycles. The zero-order valence-corrected chi connectivity index (χ0v) is 22.6. The highest BCUT2D eigenvalue weighted by atomic mass is 32.3. The summed E-state index contributed by atoms with van der Waals surface area (Å²) < 4.78 is 36.2. The molecule has 0 unspecified atom stereocenters. The van der Waals surface area contributed by atoms with E-state index >= 15 is 0 Å². The minimum atomic E-state index is -4.58. The van der Waals surface area contributed by atoms with Gasteiger partial charge < -0.3 is 14.4 Å². The summed E-state index contributed by atoms with van der Waals surface area (Å²) in [7, 11) is -0.357. The fraction of sp³-hybridized carbons (Fsp3) is 0.960. The Hall–Kier alpha value is -0.700. The van der Waals surface area contributed by atoms with E-state index in [2.05, 4.69) is 30.5 Å². The van der Waals surface area contributed by atoms with Crippen molar-refractivity contribution in [3.8, 4) is 0 Å². The number of hydrogen-bond acceptors (Lipinski definition) is 5. The van der Waals surface area contributed by atoms with Crippen LogP contribution in [0.25, 0.3) is 0 Å². The third-order valence-electron chi connectivity index (χ3n) is 6.16. The second kappa shape index (κ2) is 20.7. The second-order valence-corrected chi connectivity index (χ2v) is 11.1. The summed E-state index contributed by atoms with van der Waals surface area (Å²) in [5.74, 6) is 0.152. The lowest BCUT2D eigenvalue weighted by molar-refractivity contribution is -0.890. The Labute approximate surface area is 204 Å². The Morgan fingerprint density at radius 2 is 1.24 bits per heavy atom. The summed E-state index contributed by atoms with van der Waals surface area (Å²) in [6.45, 7) is 4.70. The molecule has 0 rings (SSSR count). The van der Waals surface area contributed by atoms with E-state index in [1.54, 1.807) is 0 Å². The van der Waals surface area contributed by atoms with E-state index in [1.807, 2.05) is 0 Å². The van der Waals surface area contributed by atoms with Crippen LogP contribution in [0.2, 0.25) is 0 Å². The van der Waals surface area contributed by atoms with E-state index in [-0.39, 0.29) is 12.5 Å². The first kappa shape index (κ1) is 32.3. The summed E-state index contributed by atoms with van der Waals surface area (Å²) in [4.78, 5) is 12.0. The van der Waals surface area contributed by atoms with Crippen LogP contribution >= 0.6 is 0 Å². The van der Waals surface area contributed by atoms with Gasteiger partial charge in [0, 0.05) is 19.4 Å². The van der Waals surface area contributed by atoms with Crippen molar-refractivity contribution in [2.24, 2.45) is 0 Å². The predicted octanol–water partition coefficient (Wildman–Crippen LogP) is 5.31. The molecule has 0 saturated carbocycles. The maximum atomic E-state index is 12.0.